The fourth-order valence-corrected chi connectivity index (χ4v) is 8.07. The van der Waals surface area contributed by atoms with Gasteiger partial charge in [0.15, 0.2) is 0 Å². The third-order valence-corrected chi connectivity index (χ3v) is 12.9. The van der Waals surface area contributed by atoms with Crippen LogP contribution in [0.1, 0.15) is 96.1 Å². The van der Waals surface area contributed by atoms with Gasteiger partial charge in [-0.25, -0.2) is 4.79 Å². The molecule has 0 spiro atoms. The van der Waals surface area contributed by atoms with Gasteiger partial charge in [0.25, 0.3) is 0 Å². The molecule has 0 unspecified atom stereocenters. The number of fused-ring (bicyclic) bond motifs is 1. The van der Waals surface area contributed by atoms with Crippen molar-refractivity contribution < 1.29 is 53.4 Å². The summed E-state index contributed by atoms with van der Waals surface area (Å²) in [7, 11) is 0. The van der Waals surface area contributed by atoms with E-state index in [1.165, 1.54) is 6.92 Å². The molecule has 1 aromatic heterocycles. The number of aliphatic hydroxyl groups is 1. The molecule has 0 bridgehead atoms. The van der Waals surface area contributed by atoms with Gasteiger partial charge in [0.05, 0.1) is 19.2 Å². The molecule has 3 aromatic rings. The molecule has 2 aromatic carbocycles. The lowest BCUT2D eigenvalue weighted by molar-refractivity contribution is -0.142. The molecule has 0 fully saturated rings. The SMILES string of the molecule is CC[C@H](C)[C@H](N)C(=O)N[C@@H](CO)C(=O)N[C@@H](CCCCN)C(=O)N[C@@H](CCCCN)C(=O)N[C@@H](C)C(=O)N[C@@H](CCCCN)C(=O)NCC(=O)N[C@@H](Cc1c[nH]c2ccccc12)C(=O)N[C@@H](Cc1ccccc1)C(=O)O. The number of para-hydroxylation sites is 1. The number of nitrogens with two attached hydrogens (primary N) is 4. The Hall–Kier alpha value is -6.99. The summed E-state index contributed by atoms with van der Waals surface area (Å²) in [5.74, 6) is -7.66. The molecule has 420 valence electrons. The zero-order valence-electron chi connectivity index (χ0n) is 43.9. The predicted octanol–water partition coefficient (Wildman–Crippen LogP) is -1.68. The molecule has 0 saturated heterocycles. The fourth-order valence-electron chi connectivity index (χ4n) is 8.07. The van der Waals surface area contributed by atoms with Crippen LogP contribution in [0, 0.1) is 5.92 Å². The Kier molecular flexibility index (Phi) is 28.2. The topological polar surface area (TPSA) is 410 Å². The smallest absolute Gasteiger partial charge is 0.326 e. The Balaban J connectivity index is 1.74. The first-order valence-electron chi connectivity index (χ1n) is 26.0. The molecule has 0 aliphatic carbocycles. The van der Waals surface area contributed by atoms with Gasteiger partial charge in [0, 0.05) is 29.9 Å². The molecule has 0 aliphatic heterocycles. The van der Waals surface area contributed by atoms with Crippen LogP contribution < -0.4 is 65.5 Å². The van der Waals surface area contributed by atoms with E-state index >= 15 is 0 Å². The van der Waals surface area contributed by atoms with Crippen molar-refractivity contribution in [2.45, 2.75) is 146 Å². The molecule has 24 nitrogen and oxygen atoms in total. The largest absolute Gasteiger partial charge is 0.480 e. The van der Waals surface area contributed by atoms with Crippen LogP contribution in [0.25, 0.3) is 10.9 Å². The number of unbranched alkanes of at least 4 members (excludes halogenated alkanes) is 3. The average Bonchev–Trinajstić information content (AvgIpc) is 3.82. The Morgan fingerprint density at radius 1 is 0.553 bits per heavy atom. The van der Waals surface area contributed by atoms with Gasteiger partial charge in [0.1, 0.15) is 42.3 Å². The van der Waals surface area contributed by atoms with Gasteiger partial charge in [-0.1, -0.05) is 68.8 Å². The second kappa shape index (κ2) is 33.8. The van der Waals surface area contributed by atoms with E-state index in [9.17, 15) is 53.4 Å². The second-order valence-corrected chi connectivity index (χ2v) is 18.9. The average molecular weight is 1060 g/mol. The number of amides is 8. The van der Waals surface area contributed by atoms with Gasteiger partial charge in [-0.15, -0.1) is 0 Å². The number of carbonyl (C=O) groups is 9. The van der Waals surface area contributed by atoms with E-state index in [2.05, 4.69) is 47.5 Å². The van der Waals surface area contributed by atoms with Crippen molar-refractivity contribution in [1.82, 2.24) is 47.5 Å². The number of hydrogen-bond acceptors (Lipinski definition) is 14. The molecule has 8 amide bonds. The van der Waals surface area contributed by atoms with Gasteiger partial charge < -0.3 is 80.7 Å². The molecule has 9 atom stereocenters. The standard InChI is InChI=1S/C52H81N13O11/c1-4-31(2)44(56)51(74)65-42(30-66)50(73)63-39(22-12-15-25-55)48(71)62-38(21-11-14-24-54)47(70)59-32(3)45(68)61-37(20-10-13-23-53)46(69)58-29-43(67)60-40(27-34-28-57-36-19-9-8-18-35(34)36)49(72)64-41(52(75)76)26-33-16-6-5-7-17-33/h5-9,16-19,28,31-32,37-42,44,57,66H,4,10-15,20-27,29-30,53-56H2,1-3H3,(H,58,69)(H,59,70)(H,60,67)(H,61,68)(H,62,71)(H,63,73)(H,64,72)(H,65,74)(H,75,76)/t31-,32-,37-,38-,39-,40-,41-,42-,44-/m0/s1. The molecule has 1 heterocycles. The maximum Gasteiger partial charge on any atom is 0.326 e. The summed E-state index contributed by atoms with van der Waals surface area (Å²) in [6.45, 7) is 4.41. The molecule has 0 aliphatic rings. The number of carbonyl (C=O) groups excluding carboxylic acids is 8. The Labute approximate surface area is 443 Å². The quantitative estimate of drug-likeness (QED) is 0.0289. The van der Waals surface area contributed by atoms with E-state index in [0.717, 1.165) is 10.9 Å². The summed E-state index contributed by atoms with van der Waals surface area (Å²) in [6.07, 6.45) is 5.08. The Bertz CT molecular complexity index is 2350. The molecule has 0 radical (unpaired) electrons. The van der Waals surface area contributed by atoms with Crippen molar-refractivity contribution in [1.29, 1.82) is 0 Å². The summed E-state index contributed by atoms with van der Waals surface area (Å²) >= 11 is 0. The lowest BCUT2D eigenvalue weighted by Gasteiger charge is -2.27. The van der Waals surface area contributed by atoms with Crippen molar-refractivity contribution in [2.24, 2.45) is 28.9 Å². The van der Waals surface area contributed by atoms with Crippen molar-refractivity contribution in [3.63, 3.8) is 0 Å². The number of nitrogens with one attached hydrogen (secondary N) is 9. The number of benzene rings is 2. The Morgan fingerprint density at radius 3 is 1.59 bits per heavy atom. The van der Waals surface area contributed by atoms with Gasteiger partial charge >= 0.3 is 5.97 Å². The number of aliphatic carboxylic acids is 1. The van der Waals surface area contributed by atoms with E-state index in [1.54, 1.807) is 43.5 Å². The molecule has 19 N–H and O–H groups in total. The highest BCUT2D eigenvalue weighted by Gasteiger charge is 2.33. The van der Waals surface area contributed by atoms with Crippen LogP contribution in [0.5, 0.6) is 0 Å². The number of H-pyrrole nitrogens is 1. The highest BCUT2D eigenvalue weighted by atomic mass is 16.4. The Morgan fingerprint density at radius 2 is 1.04 bits per heavy atom. The number of rotatable bonds is 36. The van der Waals surface area contributed by atoms with Crippen LogP contribution in [0.3, 0.4) is 0 Å². The number of hydrogen-bond donors (Lipinski definition) is 15. The lowest BCUT2D eigenvalue weighted by Crippen LogP contribution is -2.60. The van der Waals surface area contributed by atoms with Crippen LogP contribution in [-0.4, -0.2) is 150 Å². The van der Waals surface area contributed by atoms with Crippen LogP contribution in [0.2, 0.25) is 0 Å². The zero-order valence-corrected chi connectivity index (χ0v) is 43.9. The van der Waals surface area contributed by atoms with Gasteiger partial charge in [0.2, 0.25) is 47.3 Å². The van der Waals surface area contributed by atoms with Crippen molar-refractivity contribution in [3.05, 3.63) is 71.9 Å². The van der Waals surface area contributed by atoms with E-state index in [4.69, 9.17) is 22.9 Å². The summed E-state index contributed by atoms with van der Waals surface area (Å²) in [5.41, 5.74) is 25.3. The monoisotopic (exact) mass is 1060 g/mol. The highest BCUT2D eigenvalue weighted by Crippen LogP contribution is 2.20. The highest BCUT2D eigenvalue weighted by molar-refractivity contribution is 5.97. The lowest BCUT2D eigenvalue weighted by atomic mass is 9.99. The predicted molar refractivity (Wildman–Crippen MR) is 285 cm³/mol. The van der Waals surface area contributed by atoms with Crippen LogP contribution >= 0.6 is 0 Å². The minimum Gasteiger partial charge on any atom is -0.480 e. The van der Waals surface area contributed by atoms with Crippen molar-refractivity contribution in [2.75, 3.05) is 32.8 Å². The second-order valence-electron chi connectivity index (χ2n) is 18.9. The van der Waals surface area contributed by atoms with Crippen LogP contribution in [0.15, 0.2) is 60.8 Å². The number of carboxylic acids is 1. The molecular weight excluding hydrogens is 983 g/mol. The van der Waals surface area contributed by atoms with Gasteiger partial charge in [-0.2, -0.15) is 0 Å². The maximum atomic E-state index is 13.9. The fraction of sp³-hybridized carbons (Fsp3) is 0.558. The molecule has 76 heavy (non-hydrogen) atoms. The van der Waals surface area contributed by atoms with E-state index < -0.39 is 115 Å². The summed E-state index contributed by atoms with van der Waals surface area (Å²) in [6, 6.07) is 6.06. The minimum absolute atomic E-state index is 0.0267. The van der Waals surface area contributed by atoms with Gasteiger partial charge in [-0.3, -0.25) is 38.4 Å². The van der Waals surface area contributed by atoms with Crippen LogP contribution in [-0.2, 0) is 56.0 Å². The van der Waals surface area contributed by atoms with Crippen LogP contribution in [0.4, 0.5) is 0 Å². The summed E-state index contributed by atoms with van der Waals surface area (Å²) < 4.78 is 0. The first-order valence-corrected chi connectivity index (χ1v) is 26.0. The maximum absolute atomic E-state index is 13.9. The number of aromatic amines is 1. The van der Waals surface area contributed by atoms with E-state index in [1.807, 2.05) is 31.2 Å². The number of carboxylic acid groups (broad SMARTS) is 1. The van der Waals surface area contributed by atoms with Crippen molar-refractivity contribution >= 4 is 64.1 Å². The van der Waals surface area contributed by atoms with E-state index in [0.29, 0.717) is 62.6 Å². The first-order chi connectivity index (χ1) is 36.4. The molecule has 24 heteroatoms. The normalized spacial score (nSPS) is 14.7. The molecular formula is C52H81N13O11. The zero-order chi connectivity index (χ0) is 56.2. The summed E-state index contributed by atoms with van der Waals surface area (Å²) in [4.78, 5) is 124. The summed E-state index contributed by atoms with van der Waals surface area (Å²) in [5, 5.41) is 41.4. The van der Waals surface area contributed by atoms with E-state index in [-0.39, 0.29) is 51.1 Å². The third-order valence-electron chi connectivity index (χ3n) is 12.9. The molecule has 3 rings (SSSR count). The molecule has 0 saturated carbocycles. The third kappa shape index (κ3) is 21.3. The van der Waals surface area contributed by atoms with Gasteiger partial charge in [-0.05, 0) is 107 Å². The number of aromatic nitrogens is 1. The number of aliphatic hydroxyl groups excluding tert-OH is 1. The van der Waals surface area contributed by atoms with Crippen molar-refractivity contribution in [3.8, 4) is 0 Å². The first kappa shape index (κ1) is 63.3. The minimum atomic E-state index is -1.44.